The predicted octanol–water partition coefficient (Wildman–Crippen LogP) is 3.40. The lowest BCUT2D eigenvalue weighted by Crippen LogP contribution is -2.29. The molecule has 6 heteroatoms. The lowest BCUT2D eigenvalue weighted by atomic mass is 9.85. The molecule has 1 aliphatic heterocycles. The van der Waals surface area contributed by atoms with Crippen LogP contribution in [0.3, 0.4) is 0 Å². The van der Waals surface area contributed by atoms with E-state index < -0.39 is 17.6 Å². The molecule has 1 heterocycles. The number of alkyl halides is 3. The van der Waals surface area contributed by atoms with E-state index in [1.165, 1.54) is 25.3 Å². The van der Waals surface area contributed by atoms with Crippen LogP contribution in [-0.4, -0.2) is 12.5 Å². The molecule has 22 heavy (non-hydrogen) atoms. The molecule has 0 radical (unpaired) electrons. The van der Waals surface area contributed by atoms with Gasteiger partial charge >= 0.3 is 6.18 Å². The second-order valence-corrected chi connectivity index (χ2v) is 6.20. The first-order valence-corrected chi connectivity index (χ1v) is 7.62. The molecule has 1 fully saturated rings. The molecule has 0 saturated heterocycles. The van der Waals surface area contributed by atoms with E-state index in [1.807, 2.05) is 6.92 Å². The molecule has 0 bridgehead atoms. The molecule has 1 aliphatic carbocycles. The third-order valence-corrected chi connectivity index (χ3v) is 4.69. The Morgan fingerprint density at radius 2 is 2.09 bits per heavy atom. The highest BCUT2D eigenvalue weighted by molar-refractivity contribution is 5.99. The largest absolute Gasteiger partial charge is 0.416 e. The summed E-state index contributed by atoms with van der Waals surface area (Å²) in [5.74, 6) is 0.204. The fourth-order valence-corrected chi connectivity index (χ4v) is 3.01. The summed E-state index contributed by atoms with van der Waals surface area (Å²) in [7, 11) is 0. The highest BCUT2D eigenvalue weighted by Crippen LogP contribution is 2.37. The molecule has 0 unspecified atom stereocenters. The maximum atomic E-state index is 13.2. The van der Waals surface area contributed by atoms with Gasteiger partial charge in [0.15, 0.2) is 0 Å². The topological polar surface area (TPSA) is 41.1 Å². The molecule has 1 atom stereocenters. The third kappa shape index (κ3) is 2.84. The van der Waals surface area contributed by atoms with Gasteiger partial charge in [-0.2, -0.15) is 13.2 Å². The van der Waals surface area contributed by atoms with E-state index in [0.717, 1.165) is 6.54 Å². The van der Waals surface area contributed by atoms with Crippen molar-refractivity contribution < 1.29 is 18.0 Å². The highest BCUT2D eigenvalue weighted by Gasteiger charge is 2.38. The first-order chi connectivity index (χ1) is 10.4. The van der Waals surface area contributed by atoms with Gasteiger partial charge in [-0.1, -0.05) is 6.42 Å². The van der Waals surface area contributed by atoms with Crippen molar-refractivity contribution in [2.24, 2.45) is 5.92 Å². The van der Waals surface area contributed by atoms with Crippen molar-refractivity contribution in [3.05, 3.63) is 34.4 Å². The summed E-state index contributed by atoms with van der Waals surface area (Å²) in [5, 5.41) is 5.76. The van der Waals surface area contributed by atoms with E-state index in [9.17, 15) is 18.0 Å². The maximum Gasteiger partial charge on any atom is 0.416 e. The number of hydrogen-bond donors (Lipinski definition) is 2. The van der Waals surface area contributed by atoms with Crippen LogP contribution in [-0.2, 0) is 12.7 Å². The van der Waals surface area contributed by atoms with Crippen LogP contribution in [0.2, 0.25) is 0 Å². The molecule has 2 aliphatic rings. The van der Waals surface area contributed by atoms with Crippen molar-refractivity contribution in [1.82, 2.24) is 10.6 Å². The average Bonchev–Trinajstić information content (AvgIpc) is 2.76. The number of hydrogen-bond acceptors (Lipinski definition) is 2. The van der Waals surface area contributed by atoms with Crippen LogP contribution in [0.25, 0.3) is 0 Å². The van der Waals surface area contributed by atoms with Gasteiger partial charge < -0.3 is 10.6 Å². The van der Waals surface area contributed by atoms with Crippen LogP contribution in [0.15, 0.2) is 12.1 Å². The molecule has 3 nitrogen and oxygen atoms in total. The van der Waals surface area contributed by atoms with Gasteiger partial charge in [-0.25, -0.2) is 0 Å². The second kappa shape index (κ2) is 5.57. The number of rotatable bonds is 4. The highest BCUT2D eigenvalue weighted by atomic mass is 19.4. The Hall–Kier alpha value is -1.56. The molecule has 2 N–H and O–H groups in total. The Bertz CT molecular complexity index is 594. The van der Waals surface area contributed by atoms with Gasteiger partial charge in [0, 0.05) is 18.2 Å². The van der Waals surface area contributed by atoms with Crippen LogP contribution in [0.1, 0.15) is 59.3 Å². The van der Waals surface area contributed by atoms with Crippen LogP contribution in [0, 0.1) is 5.92 Å². The van der Waals surface area contributed by atoms with Gasteiger partial charge in [-0.3, -0.25) is 4.79 Å². The van der Waals surface area contributed by atoms with Gasteiger partial charge in [-0.05, 0) is 55.5 Å². The molecule has 1 amide bonds. The molecular weight excluding hydrogens is 293 g/mol. The number of amides is 1. The number of nitrogens with one attached hydrogen (secondary N) is 2. The van der Waals surface area contributed by atoms with Gasteiger partial charge in [0.25, 0.3) is 5.91 Å². The minimum atomic E-state index is -4.44. The first kappa shape index (κ1) is 15.3. The standard InChI is InChI=1S/C16H19F3N2O/c1-9(20-7-10-3-2-4-10)11-5-12-13(8-21-15(12)22)14(6-11)16(17,18)19/h5-6,9-10,20H,2-4,7-8H2,1H3,(H,21,22)/t9-/m1/s1. The molecule has 0 spiro atoms. The molecule has 1 aromatic carbocycles. The van der Waals surface area contributed by atoms with E-state index >= 15 is 0 Å². The third-order valence-electron chi connectivity index (χ3n) is 4.69. The number of benzene rings is 1. The van der Waals surface area contributed by atoms with Crippen LogP contribution < -0.4 is 10.6 Å². The van der Waals surface area contributed by atoms with E-state index in [4.69, 9.17) is 0 Å². The quantitative estimate of drug-likeness (QED) is 0.894. The number of carbonyl (C=O) groups excluding carboxylic acids is 1. The average molecular weight is 312 g/mol. The van der Waals surface area contributed by atoms with E-state index in [1.54, 1.807) is 6.07 Å². The minimum absolute atomic E-state index is 0.0484. The minimum Gasteiger partial charge on any atom is -0.348 e. The molecule has 1 saturated carbocycles. The van der Waals surface area contributed by atoms with Crippen molar-refractivity contribution in [1.29, 1.82) is 0 Å². The van der Waals surface area contributed by atoms with Gasteiger partial charge in [0.05, 0.1) is 5.56 Å². The molecule has 0 aromatic heterocycles. The summed E-state index contributed by atoms with van der Waals surface area (Å²) >= 11 is 0. The van der Waals surface area contributed by atoms with Gasteiger partial charge in [-0.15, -0.1) is 0 Å². The fraction of sp³-hybridized carbons (Fsp3) is 0.562. The zero-order chi connectivity index (χ0) is 15.9. The summed E-state index contributed by atoms with van der Waals surface area (Å²) < 4.78 is 39.7. The lowest BCUT2D eigenvalue weighted by Gasteiger charge is -2.27. The second-order valence-electron chi connectivity index (χ2n) is 6.20. The van der Waals surface area contributed by atoms with Crippen LogP contribution >= 0.6 is 0 Å². The Morgan fingerprint density at radius 1 is 1.36 bits per heavy atom. The smallest absolute Gasteiger partial charge is 0.348 e. The first-order valence-electron chi connectivity index (χ1n) is 7.62. The molecule has 120 valence electrons. The van der Waals surface area contributed by atoms with Crippen LogP contribution in [0.4, 0.5) is 13.2 Å². The monoisotopic (exact) mass is 312 g/mol. The van der Waals surface area contributed by atoms with E-state index in [0.29, 0.717) is 11.5 Å². The van der Waals surface area contributed by atoms with E-state index in [-0.39, 0.29) is 23.7 Å². The van der Waals surface area contributed by atoms with Gasteiger partial charge in [0.1, 0.15) is 0 Å². The number of fused-ring (bicyclic) bond motifs is 1. The molecule has 3 rings (SSSR count). The Morgan fingerprint density at radius 3 is 2.68 bits per heavy atom. The maximum absolute atomic E-state index is 13.2. The van der Waals surface area contributed by atoms with Gasteiger partial charge in [0.2, 0.25) is 0 Å². The predicted molar refractivity (Wildman–Crippen MR) is 76.4 cm³/mol. The zero-order valence-electron chi connectivity index (χ0n) is 12.4. The Balaban J connectivity index is 1.87. The number of carbonyl (C=O) groups is 1. The van der Waals surface area contributed by atoms with Crippen molar-refractivity contribution in [3.8, 4) is 0 Å². The summed E-state index contributed by atoms with van der Waals surface area (Å²) in [6.07, 6.45) is -0.849. The Labute approximate surface area is 127 Å². The van der Waals surface area contributed by atoms with Crippen molar-refractivity contribution >= 4 is 5.91 Å². The SMILES string of the molecule is C[C@@H](NCC1CCC1)c1cc2c(c(C(F)(F)F)c1)CNC2=O. The summed E-state index contributed by atoms with van der Waals surface area (Å²) in [5.41, 5.74) is 0.0349. The normalized spacial score (nSPS) is 19.5. The Kier molecular flexibility index (Phi) is 3.89. The summed E-state index contributed by atoms with van der Waals surface area (Å²) in [4.78, 5) is 11.7. The van der Waals surface area contributed by atoms with Crippen LogP contribution in [0.5, 0.6) is 0 Å². The molecule has 1 aromatic rings. The summed E-state index contributed by atoms with van der Waals surface area (Å²) in [6, 6.07) is 2.56. The molecular formula is C16H19F3N2O. The van der Waals surface area contributed by atoms with E-state index in [2.05, 4.69) is 10.6 Å². The zero-order valence-corrected chi connectivity index (χ0v) is 12.4. The lowest BCUT2D eigenvalue weighted by molar-refractivity contribution is -0.138. The van der Waals surface area contributed by atoms with Crippen molar-refractivity contribution in [2.75, 3.05) is 6.54 Å². The summed E-state index contributed by atoms with van der Waals surface area (Å²) in [6.45, 7) is 2.60. The fourth-order valence-electron chi connectivity index (χ4n) is 3.01. The van der Waals surface area contributed by atoms with Crippen molar-refractivity contribution in [3.63, 3.8) is 0 Å². The number of halogens is 3. The van der Waals surface area contributed by atoms with Crippen molar-refractivity contribution in [2.45, 2.75) is 44.9 Å².